The molecule has 1 atom stereocenters. The monoisotopic (exact) mass is 420 g/mol. The van der Waals surface area contributed by atoms with Crippen molar-refractivity contribution in [1.29, 1.82) is 0 Å². The van der Waals surface area contributed by atoms with E-state index < -0.39 is 0 Å². The van der Waals surface area contributed by atoms with Crippen molar-refractivity contribution in [2.45, 2.75) is 97.6 Å². The average molecular weight is 421 g/mol. The zero-order valence-corrected chi connectivity index (χ0v) is 20.4. The maximum atomic E-state index is 2.62. The molecule has 0 amide bonds. The minimum Gasteiger partial charge on any atom is -0.369 e. The lowest BCUT2D eigenvalue weighted by atomic mass is 9.93. The summed E-state index contributed by atoms with van der Waals surface area (Å²) >= 11 is 0. The molecule has 2 aromatic carbocycles. The molecule has 31 heavy (non-hydrogen) atoms. The highest BCUT2D eigenvalue weighted by Crippen LogP contribution is 2.28. The SMILES string of the molecule is CCCC(CC)N(CC)c1ccc(Cc2ccc(N(CC)C3CCCCC3)cc2)cc1. The topological polar surface area (TPSA) is 6.48 Å². The van der Waals surface area contributed by atoms with Gasteiger partial charge in [-0.25, -0.2) is 0 Å². The molecule has 0 bridgehead atoms. The summed E-state index contributed by atoms with van der Waals surface area (Å²) < 4.78 is 0. The van der Waals surface area contributed by atoms with E-state index in [4.69, 9.17) is 0 Å². The zero-order valence-electron chi connectivity index (χ0n) is 20.4. The van der Waals surface area contributed by atoms with Crippen LogP contribution in [0.5, 0.6) is 0 Å². The van der Waals surface area contributed by atoms with Crippen molar-refractivity contribution in [1.82, 2.24) is 0 Å². The van der Waals surface area contributed by atoms with Crippen molar-refractivity contribution in [2.24, 2.45) is 0 Å². The third-order valence-electron chi connectivity index (χ3n) is 7.17. The van der Waals surface area contributed by atoms with Gasteiger partial charge in [0, 0.05) is 36.5 Å². The van der Waals surface area contributed by atoms with Crippen molar-refractivity contribution < 1.29 is 0 Å². The molecule has 2 nitrogen and oxygen atoms in total. The van der Waals surface area contributed by atoms with Crippen LogP contribution in [0.1, 0.15) is 90.2 Å². The molecule has 1 saturated carbocycles. The second kappa shape index (κ2) is 12.2. The predicted octanol–water partition coefficient (Wildman–Crippen LogP) is 7.84. The molecule has 1 fully saturated rings. The number of hydrogen-bond donors (Lipinski definition) is 0. The van der Waals surface area contributed by atoms with E-state index in [1.807, 2.05) is 0 Å². The molecule has 2 aromatic rings. The quantitative estimate of drug-likeness (QED) is 0.365. The molecule has 1 aliphatic rings. The highest BCUT2D eigenvalue weighted by molar-refractivity contribution is 5.51. The molecule has 170 valence electrons. The van der Waals surface area contributed by atoms with Crippen LogP contribution in [0.2, 0.25) is 0 Å². The number of hydrogen-bond acceptors (Lipinski definition) is 2. The Balaban J connectivity index is 1.64. The number of benzene rings is 2. The lowest BCUT2D eigenvalue weighted by molar-refractivity contribution is 0.418. The second-order valence-electron chi connectivity index (χ2n) is 9.22. The first-order valence-electron chi connectivity index (χ1n) is 12.9. The smallest absolute Gasteiger partial charge is 0.0368 e. The van der Waals surface area contributed by atoms with Gasteiger partial charge in [0.05, 0.1) is 0 Å². The molecule has 0 aromatic heterocycles. The summed E-state index contributed by atoms with van der Waals surface area (Å²) in [6.45, 7) is 11.4. The fourth-order valence-electron chi connectivity index (χ4n) is 5.46. The molecule has 0 radical (unpaired) electrons. The largest absolute Gasteiger partial charge is 0.369 e. The molecule has 0 heterocycles. The summed E-state index contributed by atoms with van der Waals surface area (Å²) in [7, 11) is 0. The Labute approximate surface area is 191 Å². The van der Waals surface area contributed by atoms with E-state index >= 15 is 0 Å². The normalized spacial score (nSPS) is 15.6. The van der Waals surface area contributed by atoms with E-state index in [1.165, 1.54) is 73.9 Å². The number of rotatable bonds is 11. The Bertz CT molecular complexity index is 689. The summed E-state index contributed by atoms with van der Waals surface area (Å²) in [6.07, 6.45) is 11.7. The summed E-state index contributed by atoms with van der Waals surface area (Å²) in [6, 6.07) is 20.0. The summed E-state index contributed by atoms with van der Waals surface area (Å²) in [5.41, 5.74) is 5.57. The first kappa shape index (κ1) is 23.7. The summed E-state index contributed by atoms with van der Waals surface area (Å²) in [4.78, 5) is 5.20. The Kier molecular flexibility index (Phi) is 9.31. The van der Waals surface area contributed by atoms with Crippen LogP contribution in [0.25, 0.3) is 0 Å². The van der Waals surface area contributed by atoms with Crippen LogP contribution in [-0.2, 0) is 6.42 Å². The van der Waals surface area contributed by atoms with Gasteiger partial charge in [-0.05, 0) is 81.3 Å². The van der Waals surface area contributed by atoms with Crippen LogP contribution in [0.15, 0.2) is 48.5 Å². The standard InChI is InChI=1S/C29H44N2/c1-5-12-26(6-2)30(7-3)28-19-15-24(16-20-28)23-25-17-21-29(22-18-25)31(8-4)27-13-10-9-11-14-27/h15-22,26-27H,5-14,23H2,1-4H3. The fraction of sp³-hybridized carbons (Fsp3) is 0.586. The number of nitrogens with zero attached hydrogens (tertiary/aromatic N) is 2. The van der Waals surface area contributed by atoms with Gasteiger partial charge < -0.3 is 9.80 Å². The Hall–Kier alpha value is -1.96. The van der Waals surface area contributed by atoms with Crippen LogP contribution in [0.3, 0.4) is 0 Å². The van der Waals surface area contributed by atoms with Gasteiger partial charge in [-0.1, -0.05) is 63.8 Å². The molecule has 0 aliphatic heterocycles. The Morgan fingerprint density at radius 1 is 0.742 bits per heavy atom. The Morgan fingerprint density at radius 3 is 1.81 bits per heavy atom. The van der Waals surface area contributed by atoms with E-state index in [1.54, 1.807) is 0 Å². The molecule has 2 heteroatoms. The van der Waals surface area contributed by atoms with E-state index in [-0.39, 0.29) is 0 Å². The van der Waals surface area contributed by atoms with Gasteiger partial charge >= 0.3 is 0 Å². The van der Waals surface area contributed by atoms with Crippen LogP contribution in [0, 0.1) is 0 Å². The molecule has 0 N–H and O–H groups in total. The maximum Gasteiger partial charge on any atom is 0.0368 e. The van der Waals surface area contributed by atoms with Crippen LogP contribution in [0.4, 0.5) is 11.4 Å². The minimum atomic E-state index is 0.652. The third-order valence-corrected chi connectivity index (χ3v) is 7.17. The van der Waals surface area contributed by atoms with Crippen LogP contribution < -0.4 is 9.80 Å². The molecule has 1 aliphatic carbocycles. The summed E-state index contributed by atoms with van der Waals surface area (Å²) in [5.74, 6) is 0. The van der Waals surface area contributed by atoms with E-state index in [0.717, 1.165) is 25.6 Å². The minimum absolute atomic E-state index is 0.652. The van der Waals surface area contributed by atoms with Gasteiger partial charge in [-0.2, -0.15) is 0 Å². The Morgan fingerprint density at radius 2 is 1.32 bits per heavy atom. The first-order valence-corrected chi connectivity index (χ1v) is 12.9. The zero-order chi connectivity index (χ0) is 22.1. The average Bonchev–Trinajstić information content (AvgIpc) is 2.82. The van der Waals surface area contributed by atoms with Gasteiger partial charge in [0.25, 0.3) is 0 Å². The first-order chi connectivity index (χ1) is 15.2. The highest BCUT2D eigenvalue weighted by Gasteiger charge is 2.20. The molecule has 3 rings (SSSR count). The van der Waals surface area contributed by atoms with E-state index in [9.17, 15) is 0 Å². The molecule has 1 unspecified atom stereocenters. The fourth-order valence-corrected chi connectivity index (χ4v) is 5.46. The van der Waals surface area contributed by atoms with Gasteiger partial charge in [0.1, 0.15) is 0 Å². The van der Waals surface area contributed by atoms with Gasteiger partial charge in [-0.15, -0.1) is 0 Å². The molecular formula is C29H44N2. The van der Waals surface area contributed by atoms with Crippen molar-refractivity contribution in [3.05, 3.63) is 59.7 Å². The van der Waals surface area contributed by atoms with Gasteiger partial charge in [0.2, 0.25) is 0 Å². The van der Waals surface area contributed by atoms with Crippen molar-refractivity contribution in [3.63, 3.8) is 0 Å². The van der Waals surface area contributed by atoms with Gasteiger partial charge in [-0.3, -0.25) is 0 Å². The molecule has 0 saturated heterocycles. The van der Waals surface area contributed by atoms with Crippen molar-refractivity contribution >= 4 is 11.4 Å². The third kappa shape index (κ3) is 6.28. The van der Waals surface area contributed by atoms with Crippen molar-refractivity contribution in [3.8, 4) is 0 Å². The molecule has 0 spiro atoms. The number of anilines is 2. The lowest BCUT2D eigenvalue weighted by Gasteiger charge is -2.35. The predicted molar refractivity (Wildman–Crippen MR) is 138 cm³/mol. The van der Waals surface area contributed by atoms with Crippen LogP contribution in [-0.4, -0.2) is 25.2 Å². The van der Waals surface area contributed by atoms with Gasteiger partial charge in [0.15, 0.2) is 0 Å². The maximum absolute atomic E-state index is 2.62. The van der Waals surface area contributed by atoms with E-state index in [0.29, 0.717) is 6.04 Å². The van der Waals surface area contributed by atoms with E-state index in [2.05, 4.69) is 86.0 Å². The second-order valence-corrected chi connectivity index (χ2v) is 9.22. The summed E-state index contributed by atoms with van der Waals surface area (Å²) in [5, 5.41) is 0. The van der Waals surface area contributed by atoms with Crippen molar-refractivity contribution in [2.75, 3.05) is 22.9 Å². The van der Waals surface area contributed by atoms with Crippen LogP contribution >= 0.6 is 0 Å². The molecular weight excluding hydrogens is 376 g/mol. The lowest BCUT2D eigenvalue weighted by Crippen LogP contribution is -2.36. The highest BCUT2D eigenvalue weighted by atomic mass is 15.2.